The second kappa shape index (κ2) is 5.76. The number of rotatable bonds is 1. The smallest absolute Gasteiger partial charge is 0.362 e. The fourth-order valence-corrected chi connectivity index (χ4v) is 1.78. The van der Waals surface area contributed by atoms with Crippen LogP contribution in [0.5, 0.6) is 0 Å². The maximum atomic E-state index is 10.8. The number of piperidine rings is 1. The summed E-state index contributed by atoms with van der Waals surface area (Å²) in [7, 11) is -0.949. The Hall–Kier alpha value is -0.440. The van der Waals surface area contributed by atoms with Crippen LogP contribution in [0.3, 0.4) is 0 Å². The molecule has 1 rings (SSSR count). The fraction of sp³-hybridized carbons (Fsp3) is 0.875. The van der Waals surface area contributed by atoms with E-state index in [4.69, 9.17) is 23.7 Å². The van der Waals surface area contributed by atoms with Crippen LogP contribution in [0.25, 0.3) is 0 Å². The quantitative estimate of drug-likeness (QED) is 0.476. The normalized spacial score (nSPS) is 24.2. The molecular weight excluding hydrogens is 242 g/mol. The topological polar surface area (TPSA) is 130 Å². The Kier molecular flexibility index (Phi) is 5.60. The van der Waals surface area contributed by atoms with Gasteiger partial charge in [0, 0.05) is 6.42 Å². The van der Waals surface area contributed by atoms with Crippen molar-refractivity contribution in [2.75, 3.05) is 20.6 Å². The molecule has 1 heterocycles. The summed E-state index contributed by atoms with van der Waals surface area (Å²) < 4.78 is 34.6. The minimum Gasteiger partial charge on any atom is -0.477 e. The van der Waals surface area contributed by atoms with Crippen LogP contribution < -0.4 is 18.6 Å². The zero-order valence-electron chi connectivity index (χ0n) is 9.22. The van der Waals surface area contributed by atoms with Crippen LogP contribution in [-0.2, 0) is 4.79 Å². The molecule has 1 aliphatic heterocycles. The molecule has 0 amide bonds. The standard InChI is InChI=1S/C8H15NO2.ClHO4/c1-9(2)6-4-3-5-7(9)8(10)11;2-1(3,4)5/h7H,3-6H2,1-2H3;(H,2,3,4,5). The number of carboxylic acids is 1. The Morgan fingerprint density at radius 1 is 1.25 bits per heavy atom. The number of carboxylic acid groups (broad SMARTS) is 1. The second-order valence-electron chi connectivity index (χ2n) is 4.23. The summed E-state index contributed by atoms with van der Waals surface area (Å²) in [5.74, 6) is -0.644. The van der Waals surface area contributed by atoms with Gasteiger partial charge in [-0.2, -0.15) is 0 Å². The van der Waals surface area contributed by atoms with Crippen LogP contribution in [0.2, 0.25) is 0 Å². The molecule has 7 nitrogen and oxygen atoms in total. The van der Waals surface area contributed by atoms with Crippen molar-refractivity contribution in [1.29, 1.82) is 0 Å². The highest BCUT2D eigenvalue weighted by Crippen LogP contribution is 2.21. The lowest BCUT2D eigenvalue weighted by molar-refractivity contribution is -2.00. The molecular formula is C8H16ClNO6. The van der Waals surface area contributed by atoms with Gasteiger partial charge in [0.15, 0.2) is 6.04 Å². The van der Waals surface area contributed by atoms with Crippen molar-refractivity contribution in [1.82, 2.24) is 0 Å². The van der Waals surface area contributed by atoms with Gasteiger partial charge in [-0.15, -0.1) is 10.2 Å². The average Bonchev–Trinajstić information content (AvgIpc) is 1.98. The lowest BCUT2D eigenvalue weighted by Gasteiger charge is -2.38. The number of halogens is 1. The molecule has 0 spiro atoms. The van der Waals surface area contributed by atoms with Gasteiger partial charge >= 0.3 is 5.97 Å². The maximum absolute atomic E-state index is 10.8. The number of aliphatic carboxylic acids is 1. The van der Waals surface area contributed by atoms with Crippen LogP contribution in [-0.4, -0.2) is 42.2 Å². The molecule has 1 saturated heterocycles. The number of carbonyl (C=O) groups is 1. The van der Waals surface area contributed by atoms with Crippen molar-refractivity contribution in [2.45, 2.75) is 25.3 Å². The van der Waals surface area contributed by atoms with Crippen LogP contribution >= 0.6 is 0 Å². The van der Waals surface area contributed by atoms with Crippen molar-refractivity contribution in [3.8, 4) is 0 Å². The third-order valence-corrected chi connectivity index (χ3v) is 2.59. The first kappa shape index (κ1) is 15.6. The molecule has 0 radical (unpaired) electrons. The second-order valence-corrected chi connectivity index (χ2v) is 4.99. The lowest BCUT2D eigenvalue weighted by Crippen LogP contribution is -2.68. The van der Waals surface area contributed by atoms with Crippen molar-refractivity contribution >= 4 is 5.97 Å². The van der Waals surface area contributed by atoms with E-state index in [2.05, 4.69) is 0 Å². The Balaban J connectivity index is 0.000000385. The summed E-state index contributed by atoms with van der Waals surface area (Å²) in [6.45, 7) is 0.997. The SMILES string of the molecule is C[N+]1(C)CCCCC1C(=O)O.[O-][Cl+3]([O-])([O-])[O-]. The van der Waals surface area contributed by atoms with Gasteiger partial charge in [-0.05, 0) is 12.8 Å². The highest BCUT2D eigenvalue weighted by atomic mass is 35.7. The van der Waals surface area contributed by atoms with Crippen LogP contribution in [0, 0.1) is 10.2 Å². The summed E-state index contributed by atoms with van der Waals surface area (Å²) in [5, 5.41) is 8.86. The number of hydrogen-bond donors (Lipinski definition) is 1. The third kappa shape index (κ3) is 6.94. The molecule has 1 atom stereocenters. The fourth-order valence-electron chi connectivity index (χ4n) is 1.78. The number of quaternary nitrogens is 1. The maximum Gasteiger partial charge on any atom is 0.362 e. The zero-order chi connectivity index (χ0) is 13.0. The minimum atomic E-state index is -4.94. The van der Waals surface area contributed by atoms with Gasteiger partial charge in [-0.1, -0.05) is 0 Å². The van der Waals surface area contributed by atoms with E-state index >= 15 is 0 Å². The van der Waals surface area contributed by atoms with Gasteiger partial charge in [0.1, 0.15) is 0 Å². The highest BCUT2D eigenvalue weighted by molar-refractivity contribution is 5.72. The van der Waals surface area contributed by atoms with Crippen LogP contribution in [0.1, 0.15) is 19.3 Å². The van der Waals surface area contributed by atoms with Gasteiger partial charge in [-0.25, -0.2) is 23.4 Å². The Bertz CT molecular complexity index is 233. The lowest BCUT2D eigenvalue weighted by atomic mass is 10.0. The zero-order valence-corrected chi connectivity index (χ0v) is 9.98. The monoisotopic (exact) mass is 257 g/mol. The predicted molar refractivity (Wildman–Crippen MR) is 42.3 cm³/mol. The number of nitrogens with zero attached hydrogens (tertiary/aromatic N) is 1. The third-order valence-electron chi connectivity index (χ3n) is 2.59. The molecule has 0 aromatic heterocycles. The Morgan fingerprint density at radius 3 is 1.94 bits per heavy atom. The molecule has 0 bridgehead atoms. The first-order valence-corrected chi connectivity index (χ1v) is 5.95. The molecule has 1 unspecified atom stereocenters. The number of likely N-dealkylation sites (N-methyl/N-ethyl adjacent to an activating group) is 1. The Morgan fingerprint density at radius 2 is 1.69 bits per heavy atom. The van der Waals surface area contributed by atoms with Gasteiger partial charge in [0.25, 0.3) is 0 Å². The van der Waals surface area contributed by atoms with E-state index in [-0.39, 0.29) is 6.04 Å². The van der Waals surface area contributed by atoms with Crippen molar-refractivity contribution in [3.63, 3.8) is 0 Å². The van der Waals surface area contributed by atoms with Crippen molar-refractivity contribution < 1.29 is 43.3 Å². The molecule has 0 saturated carbocycles. The molecule has 1 fully saturated rings. The van der Waals surface area contributed by atoms with E-state index in [0.29, 0.717) is 4.48 Å². The van der Waals surface area contributed by atoms with Gasteiger partial charge in [0.2, 0.25) is 0 Å². The van der Waals surface area contributed by atoms with E-state index in [1.807, 2.05) is 14.1 Å². The van der Waals surface area contributed by atoms with Crippen molar-refractivity contribution in [3.05, 3.63) is 0 Å². The summed E-state index contributed by atoms with van der Waals surface area (Å²) >= 11 is 0. The summed E-state index contributed by atoms with van der Waals surface area (Å²) in [5.41, 5.74) is 0. The molecule has 0 aromatic carbocycles. The molecule has 1 aliphatic rings. The molecule has 96 valence electrons. The molecule has 16 heavy (non-hydrogen) atoms. The Labute approximate surface area is 95.9 Å². The van der Waals surface area contributed by atoms with Gasteiger partial charge in [0.05, 0.1) is 20.6 Å². The van der Waals surface area contributed by atoms with E-state index in [1.165, 1.54) is 0 Å². The van der Waals surface area contributed by atoms with E-state index < -0.39 is 16.2 Å². The number of hydrogen-bond acceptors (Lipinski definition) is 5. The average molecular weight is 258 g/mol. The number of likely N-dealkylation sites (tertiary alicyclic amines) is 1. The van der Waals surface area contributed by atoms with E-state index in [1.54, 1.807) is 0 Å². The predicted octanol–water partition coefficient (Wildman–Crippen LogP) is -4.06. The van der Waals surface area contributed by atoms with Crippen molar-refractivity contribution in [2.24, 2.45) is 0 Å². The first-order valence-electron chi connectivity index (χ1n) is 4.71. The summed E-state index contributed by atoms with van der Waals surface area (Å²) in [6.07, 6.45) is 3.07. The highest BCUT2D eigenvalue weighted by Gasteiger charge is 2.36. The van der Waals surface area contributed by atoms with E-state index in [9.17, 15) is 4.79 Å². The summed E-state index contributed by atoms with van der Waals surface area (Å²) in [6, 6.07) is -0.177. The minimum absolute atomic E-state index is 0.177. The van der Waals surface area contributed by atoms with Crippen LogP contribution in [0.4, 0.5) is 0 Å². The van der Waals surface area contributed by atoms with Gasteiger partial charge < -0.3 is 9.59 Å². The molecule has 1 N–H and O–H groups in total. The van der Waals surface area contributed by atoms with E-state index in [0.717, 1.165) is 25.8 Å². The molecule has 0 aromatic rings. The largest absolute Gasteiger partial charge is 0.477 e. The summed E-state index contributed by atoms with van der Waals surface area (Å²) in [4.78, 5) is 10.8. The van der Waals surface area contributed by atoms with Crippen LogP contribution in [0.15, 0.2) is 0 Å². The first-order chi connectivity index (χ1) is 7.04. The van der Waals surface area contributed by atoms with Gasteiger partial charge in [-0.3, -0.25) is 0 Å². The molecule has 0 aliphatic carbocycles. The molecule has 8 heteroatoms.